The van der Waals surface area contributed by atoms with Gasteiger partial charge in [-0.05, 0) is 49.4 Å². The van der Waals surface area contributed by atoms with Crippen molar-refractivity contribution in [1.82, 2.24) is 10.3 Å². The minimum absolute atomic E-state index is 0.0277. The van der Waals surface area contributed by atoms with Gasteiger partial charge < -0.3 is 25.6 Å². The van der Waals surface area contributed by atoms with Gasteiger partial charge in [0.1, 0.15) is 35.0 Å². The van der Waals surface area contributed by atoms with Crippen LogP contribution >= 0.6 is 0 Å². The number of hydrogen-bond donors (Lipinski definition) is 3. The smallest absolute Gasteiger partial charge is 0.424 e. The summed E-state index contributed by atoms with van der Waals surface area (Å²) in [5.74, 6) is -3.16. The quantitative estimate of drug-likeness (QED) is 0.151. The average Bonchev–Trinajstić information content (AvgIpc) is 3.81. The van der Waals surface area contributed by atoms with Crippen LogP contribution in [0.25, 0.3) is 22.0 Å². The first-order chi connectivity index (χ1) is 21.7. The molecule has 1 aliphatic carbocycles. The maximum Gasteiger partial charge on any atom is 0.424 e. The fraction of sp³-hybridized carbons (Fsp3) is 0.312. The predicted molar refractivity (Wildman–Crippen MR) is 153 cm³/mol. The summed E-state index contributed by atoms with van der Waals surface area (Å²) in [5.41, 5.74) is -1.12. The van der Waals surface area contributed by atoms with Gasteiger partial charge in [-0.3, -0.25) is 9.59 Å². The number of aromatic nitrogens is 2. The van der Waals surface area contributed by atoms with E-state index in [9.17, 15) is 32.3 Å². The molecule has 1 saturated carbocycles. The summed E-state index contributed by atoms with van der Waals surface area (Å²) in [6.07, 6.45) is -2.28. The van der Waals surface area contributed by atoms with Gasteiger partial charge in [0.25, 0.3) is 5.91 Å². The van der Waals surface area contributed by atoms with Crippen molar-refractivity contribution in [3.63, 3.8) is 0 Å². The summed E-state index contributed by atoms with van der Waals surface area (Å²) in [6, 6.07) is 9.52. The van der Waals surface area contributed by atoms with Crippen molar-refractivity contribution in [1.29, 1.82) is 0 Å². The van der Waals surface area contributed by atoms with Crippen molar-refractivity contribution in [2.45, 2.75) is 43.0 Å². The molecule has 4 aromatic rings. The van der Waals surface area contributed by atoms with Gasteiger partial charge in [-0.2, -0.15) is 17.7 Å². The Morgan fingerprint density at radius 1 is 1.13 bits per heavy atom. The number of nitrogens with zero attached hydrogens (tertiary/aromatic N) is 2. The van der Waals surface area contributed by atoms with E-state index in [4.69, 9.17) is 15.2 Å². The topological polar surface area (TPSA) is 128 Å². The molecule has 14 heteroatoms. The number of rotatable bonds is 8. The third-order valence-corrected chi connectivity index (χ3v) is 8.55. The highest BCUT2D eigenvalue weighted by Gasteiger charge is 2.57. The van der Waals surface area contributed by atoms with Gasteiger partial charge >= 0.3 is 12.1 Å². The molecule has 0 bridgehead atoms. The van der Waals surface area contributed by atoms with Crippen LogP contribution in [-0.2, 0) is 15.8 Å². The molecule has 0 unspecified atom stereocenters. The van der Waals surface area contributed by atoms with Gasteiger partial charge in [-0.1, -0.05) is 0 Å². The molecule has 6 rings (SSSR count). The van der Waals surface area contributed by atoms with Crippen LogP contribution in [0.3, 0.4) is 0 Å². The van der Waals surface area contributed by atoms with E-state index in [-0.39, 0.29) is 51.9 Å². The molecule has 0 spiro atoms. The Labute approximate surface area is 258 Å². The van der Waals surface area contributed by atoms with Crippen LogP contribution in [0.4, 0.5) is 22.0 Å². The van der Waals surface area contributed by atoms with Crippen LogP contribution in [0.2, 0.25) is 0 Å². The molecular formula is C32H28F5N4O5+. The highest BCUT2D eigenvalue weighted by molar-refractivity contribution is 6.00. The molecule has 1 aliphatic heterocycles. The SMILES string of the molecule is COc1cc(C(=O)NC[C@](O)(c2cc3c(c(-c4ccc(F)cc4)n2)OC[C@]3(C)C(N)=O)C(F)(F)F)cc2c(F)[n+](C3CC3)ccc12. The fourth-order valence-corrected chi connectivity index (χ4v) is 5.51. The standard InChI is InChI=1S/C32H27F5N4O5/c1-30(29(38)43)15-46-26-22(30)13-24(40-25(26)16-3-5-18(33)6-4-16)31(44,32(35,36)37)14-39-28(42)17-11-21-20(23(12-17)45-2)9-10-41(27(21)34)19-7-8-19/h3-6,9-13,19,44H,7-8,14-15H2,1-2H3,(H2-,38,39,42,43)/p+1/t30-,31-/m0/s1. The second-order valence-corrected chi connectivity index (χ2v) is 11.7. The lowest BCUT2D eigenvalue weighted by Crippen LogP contribution is -2.51. The molecule has 2 aromatic heterocycles. The number of methoxy groups -OCH3 is 1. The van der Waals surface area contributed by atoms with E-state index in [2.05, 4.69) is 10.3 Å². The number of pyridine rings is 2. The molecular weight excluding hydrogens is 615 g/mol. The van der Waals surface area contributed by atoms with E-state index in [0.717, 1.165) is 31.0 Å². The Morgan fingerprint density at radius 2 is 1.83 bits per heavy atom. The van der Waals surface area contributed by atoms with Gasteiger partial charge in [0, 0.05) is 41.0 Å². The maximum absolute atomic E-state index is 15.4. The maximum atomic E-state index is 15.4. The number of aliphatic hydroxyl groups is 1. The summed E-state index contributed by atoms with van der Waals surface area (Å²) in [6.45, 7) is -0.371. The lowest BCUT2D eigenvalue weighted by atomic mass is 9.81. The van der Waals surface area contributed by atoms with E-state index in [0.29, 0.717) is 5.39 Å². The number of hydrogen-bond acceptors (Lipinski definition) is 6. The molecule has 2 aliphatic rings. The minimum Gasteiger partial charge on any atom is -0.496 e. The first-order valence-corrected chi connectivity index (χ1v) is 14.2. The monoisotopic (exact) mass is 643 g/mol. The van der Waals surface area contributed by atoms with E-state index < -0.39 is 53.0 Å². The Bertz CT molecular complexity index is 1900. The van der Waals surface area contributed by atoms with Gasteiger partial charge in [0.05, 0.1) is 24.7 Å². The van der Waals surface area contributed by atoms with Crippen molar-refractivity contribution in [2.24, 2.45) is 5.73 Å². The molecule has 1 fully saturated rings. The molecule has 0 radical (unpaired) electrons. The summed E-state index contributed by atoms with van der Waals surface area (Å²) >= 11 is 0. The number of benzene rings is 2. The zero-order chi connectivity index (χ0) is 33.2. The minimum atomic E-state index is -5.41. The molecule has 2 atom stereocenters. The number of fused-ring (bicyclic) bond motifs is 2. The summed E-state index contributed by atoms with van der Waals surface area (Å²) in [5, 5.41) is 13.8. The van der Waals surface area contributed by atoms with Crippen LogP contribution in [0.5, 0.6) is 11.5 Å². The fourth-order valence-electron chi connectivity index (χ4n) is 5.51. The van der Waals surface area contributed by atoms with Crippen molar-refractivity contribution in [3.05, 3.63) is 83.3 Å². The zero-order valence-corrected chi connectivity index (χ0v) is 24.5. The van der Waals surface area contributed by atoms with Gasteiger partial charge in [-0.15, -0.1) is 4.39 Å². The lowest BCUT2D eigenvalue weighted by molar-refractivity contribution is -0.725. The Kier molecular flexibility index (Phi) is 7.38. The number of amides is 2. The van der Waals surface area contributed by atoms with Crippen LogP contribution < -0.4 is 25.1 Å². The Balaban J connectivity index is 1.41. The lowest BCUT2D eigenvalue weighted by Gasteiger charge is -2.31. The number of alkyl halides is 3. The third kappa shape index (κ3) is 5.06. The molecule has 2 amide bonds. The van der Waals surface area contributed by atoms with Gasteiger partial charge in [0.15, 0.2) is 12.2 Å². The average molecular weight is 644 g/mol. The molecule has 46 heavy (non-hydrogen) atoms. The summed E-state index contributed by atoms with van der Waals surface area (Å²) in [7, 11) is 1.31. The molecule has 3 heterocycles. The number of nitrogens with two attached hydrogens (primary N) is 1. The number of carbonyl (C=O) groups excluding carboxylic acids is 2. The highest BCUT2D eigenvalue weighted by atomic mass is 19.4. The van der Waals surface area contributed by atoms with Crippen LogP contribution in [-0.4, -0.2) is 48.3 Å². The molecule has 4 N–H and O–H groups in total. The third-order valence-electron chi connectivity index (χ3n) is 8.55. The molecule has 240 valence electrons. The van der Waals surface area contributed by atoms with E-state index in [1.165, 1.54) is 42.9 Å². The van der Waals surface area contributed by atoms with Gasteiger partial charge in [0.2, 0.25) is 11.5 Å². The van der Waals surface area contributed by atoms with E-state index in [1.54, 1.807) is 12.3 Å². The molecule has 9 nitrogen and oxygen atoms in total. The first-order valence-electron chi connectivity index (χ1n) is 14.2. The Morgan fingerprint density at radius 3 is 2.43 bits per heavy atom. The second-order valence-electron chi connectivity index (χ2n) is 11.7. The number of halogens is 5. The number of ether oxygens (including phenoxy) is 2. The first kappa shape index (κ1) is 31.1. The van der Waals surface area contributed by atoms with Crippen LogP contribution in [0, 0.1) is 11.8 Å². The molecule has 0 saturated heterocycles. The van der Waals surface area contributed by atoms with Crippen LogP contribution in [0.15, 0.2) is 54.7 Å². The Hall–Kier alpha value is -4.85. The number of nitrogens with one attached hydrogen (secondary N) is 1. The normalized spacial score (nSPS) is 18.9. The van der Waals surface area contributed by atoms with Crippen molar-refractivity contribution >= 4 is 22.6 Å². The summed E-state index contributed by atoms with van der Waals surface area (Å²) in [4.78, 5) is 29.8. The van der Waals surface area contributed by atoms with E-state index in [1.807, 2.05) is 0 Å². The number of carbonyl (C=O) groups is 2. The zero-order valence-electron chi connectivity index (χ0n) is 24.5. The second kappa shape index (κ2) is 10.9. The van der Waals surface area contributed by atoms with Crippen molar-refractivity contribution in [2.75, 3.05) is 20.3 Å². The predicted octanol–water partition coefficient (Wildman–Crippen LogP) is 4.13. The van der Waals surface area contributed by atoms with Crippen LogP contribution in [0.1, 0.15) is 47.4 Å². The summed E-state index contributed by atoms with van der Waals surface area (Å²) < 4.78 is 85.8. The highest BCUT2D eigenvalue weighted by Crippen LogP contribution is 2.47. The van der Waals surface area contributed by atoms with Crippen molar-refractivity contribution in [3.8, 4) is 22.8 Å². The number of primary amides is 1. The largest absolute Gasteiger partial charge is 0.496 e. The molecule has 2 aromatic carbocycles. The van der Waals surface area contributed by atoms with Gasteiger partial charge in [-0.25, -0.2) is 9.37 Å². The van der Waals surface area contributed by atoms with E-state index >= 15 is 4.39 Å². The van der Waals surface area contributed by atoms with Crippen molar-refractivity contribution < 1.29 is 50.7 Å².